The monoisotopic (exact) mass is 825 g/mol. The highest BCUT2D eigenvalue weighted by atomic mass is 79.9. The van der Waals surface area contributed by atoms with Crippen molar-refractivity contribution in [1.82, 2.24) is 15.1 Å². The van der Waals surface area contributed by atoms with Crippen LogP contribution in [0, 0.1) is 10.1 Å². The molecule has 2 heterocycles. The highest BCUT2D eigenvalue weighted by molar-refractivity contribution is 8.93. The van der Waals surface area contributed by atoms with Gasteiger partial charge in [0.2, 0.25) is 0 Å². The molecule has 2 aliphatic heterocycles. The minimum absolute atomic E-state index is 0. The molecule has 52 heavy (non-hydrogen) atoms. The van der Waals surface area contributed by atoms with Crippen LogP contribution in [0.4, 0.5) is 17.1 Å². The summed E-state index contributed by atoms with van der Waals surface area (Å²) in [4.78, 5) is 24.2. The zero-order valence-electron chi connectivity index (χ0n) is 31.4. The number of halogens is 3. The molecular formula is C38H58BrCl2N7O4. The first-order valence-electron chi connectivity index (χ1n) is 17.6. The lowest BCUT2D eigenvalue weighted by atomic mass is 10.2. The van der Waals surface area contributed by atoms with Gasteiger partial charge in [-0.05, 0) is 61.6 Å². The Bertz CT molecular complexity index is 1380. The Balaban J connectivity index is 0.000000450. The molecule has 11 nitrogen and oxygen atoms in total. The molecule has 1 N–H and O–H groups in total. The SMILES string of the molecule is Br.CCN(CC)CC.COc1ccccc1N1CCN(CCN=Cc2ccc([N+](=O)[O-])cc2)CC1.COc1ccccc1N1CCNCC1.ClCCl. The topological polar surface area (TPSA) is 99.0 Å². The number of rotatable bonds is 12. The van der Waals surface area contributed by atoms with Crippen molar-refractivity contribution in [2.75, 3.05) is 114 Å². The number of nitro benzene ring substituents is 1. The number of hydrogen-bond acceptors (Lipinski definition) is 10. The molecule has 0 aliphatic carbocycles. The van der Waals surface area contributed by atoms with E-state index in [1.165, 1.54) is 37.5 Å². The first-order valence-corrected chi connectivity index (χ1v) is 18.7. The standard InChI is InChI=1S/C20H24N4O3.C11H16N2O.C6H15N.CH2Cl2.BrH/c1-27-20-5-3-2-4-19(20)23-14-12-22(13-15-23)11-10-21-16-17-6-8-18(9-7-17)24(25)26;1-14-11-5-3-2-4-10(11)13-8-6-12-7-9-13;1-4-7(5-2)6-3;2-1-3;/h2-9,16H,10-15H2,1H3;2-5,12H,6-9H2,1H3;4-6H2,1-3H3;1H2;1H. The molecule has 2 aliphatic rings. The number of ether oxygens (including phenoxy) is 2. The first-order chi connectivity index (χ1) is 24.8. The molecule has 0 atom stereocenters. The summed E-state index contributed by atoms with van der Waals surface area (Å²) in [6.45, 7) is 19.9. The second-order valence-electron chi connectivity index (χ2n) is 11.5. The lowest BCUT2D eigenvalue weighted by molar-refractivity contribution is -0.384. The molecule has 3 aromatic rings. The van der Waals surface area contributed by atoms with Gasteiger partial charge in [0.25, 0.3) is 5.69 Å². The van der Waals surface area contributed by atoms with Gasteiger partial charge in [-0.2, -0.15) is 0 Å². The van der Waals surface area contributed by atoms with E-state index < -0.39 is 4.92 Å². The van der Waals surface area contributed by atoms with Crippen LogP contribution in [0.3, 0.4) is 0 Å². The number of nitro groups is 1. The smallest absolute Gasteiger partial charge is 0.269 e. The van der Waals surface area contributed by atoms with Crippen molar-refractivity contribution in [2.24, 2.45) is 4.99 Å². The highest BCUT2D eigenvalue weighted by Crippen LogP contribution is 2.29. The molecule has 5 rings (SSSR count). The minimum atomic E-state index is -0.397. The van der Waals surface area contributed by atoms with Gasteiger partial charge in [0.1, 0.15) is 11.5 Å². The largest absolute Gasteiger partial charge is 0.495 e. The van der Waals surface area contributed by atoms with Crippen LogP contribution in [0.25, 0.3) is 0 Å². The van der Waals surface area contributed by atoms with Gasteiger partial charge in [0, 0.05) is 77.3 Å². The Labute approximate surface area is 331 Å². The number of aliphatic imine (C=N–C) groups is 1. The minimum Gasteiger partial charge on any atom is -0.495 e. The third kappa shape index (κ3) is 17.1. The van der Waals surface area contributed by atoms with Crippen molar-refractivity contribution in [3.8, 4) is 11.5 Å². The van der Waals surface area contributed by atoms with E-state index >= 15 is 0 Å². The fourth-order valence-corrected chi connectivity index (χ4v) is 5.62. The van der Waals surface area contributed by atoms with Crippen LogP contribution in [0.1, 0.15) is 26.3 Å². The molecule has 2 fully saturated rings. The Hall–Kier alpha value is -3.13. The Morgan fingerprint density at radius 3 is 1.67 bits per heavy atom. The predicted molar refractivity (Wildman–Crippen MR) is 226 cm³/mol. The van der Waals surface area contributed by atoms with Crippen molar-refractivity contribution in [3.63, 3.8) is 0 Å². The normalized spacial score (nSPS) is 14.2. The molecule has 14 heteroatoms. The number of para-hydroxylation sites is 4. The van der Waals surface area contributed by atoms with Crippen molar-refractivity contribution in [2.45, 2.75) is 20.8 Å². The van der Waals surface area contributed by atoms with Crippen molar-refractivity contribution >= 4 is 63.5 Å². The number of methoxy groups -OCH3 is 2. The van der Waals surface area contributed by atoms with Gasteiger partial charge < -0.3 is 29.5 Å². The molecule has 0 spiro atoms. The molecular weight excluding hydrogens is 769 g/mol. The van der Waals surface area contributed by atoms with Crippen LogP contribution in [0.2, 0.25) is 0 Å². The molecule has 0 saturated carbocycles. The van der Waals surface area contributed by atoms with Crippen molar-refractivity contribution in [3.05, 3.63) is 88.5 Å². The summed E-state index contributed by atoms with van der Waals surface area (Å²) in [6.07, 6.45) is 1.77. The van der Waals surface area contributed by atoms with Gasteiger partial charge in [0.05, 0.1) is 42.4 Å². The van der Waals surface area contributed by atoms with Crippen molar-refractivity contribution in [1.29, 1.82) is 0 Å². The molecule has 0 aromatic heterocycles. The third-order valence-electron chi connectivity index (χ3n) is 8.57. The fraction of sp³-hybridized carbons (Fsp3) is 0.500. The number of non-ortho nitro benzene ring substituents is 1. The average molecular weight is 828 g/mol. The van der Waals surface area contributed by atoms with Crippen molar-refractivity contribution < 1.29 is 14.4 Å². The number of nitrogens with zero attached hydrogens (tertiary/aromatic N) is 6. The van der Waals surface area contributed by atoms with E-state index in [0.29, 0.717) is 6.54 Å². The third-order valence-corrected chi connectivity index (χ3v) is 8.57. The molecule has 0 amide bonds. The number of piperazine rings is 2. The Morgan fingerprint density at radius 1 is 0.788 bits per heavy atom. The maximum atomic E-state index is 10.7. The van der Waals surface area contributed by atoms with Crippen LogP contribution in [-0.4, -0.2) is 126 Å². The van der Waals surface area contributed by atoms with E-state index in [1.807, 2.05) is 30.3 Å². The quantitative estimate of drug-likeness (QED) is 0.0874. The van der Waals surface area contributed by atoms with Gasteiger partial charge in [-0.25, -0.2) is 0 Å². The van der Waals surface area contributed by atoms with Crippen LogP contribution >= 0.6 is 40.2 Å². The number of anilines is 2. The Morgan fingerprint density at radius 2 is 1.25 bits per heavy atom. The summed E-state index contributed by atoms with van der Waals surface area (Å²) in [7, 11) is 3.43. The van der Waals surface area contributed by atoms with Gasteiger partial charge in [-0.1, -0.05) is 45.0 Å². The zero-order chi connectivity index (χ0) is 37.3. The number of benzene rings is 3. The maximum absolute atomic E-state index is 10.7. The molecule has 0 unspecified atom stereocenters. The van der Waals surface area contributed by atoms with E-state index in [-0.39, 0.29) is 28.0 Å². The molecule has 2 saturated heterocycles. The zero-order valence-corrected chi connectivity index (χ0v) is 34.6. The summed E-state index contributed by atoms with van der Waals surface area (Å²) in [5, 5.41) is 14.2. The van der Waals surface area contributed by atoms with E-state index in [1.54, 1.807) is 32.6 Å². The summed E-state index contributed by atoms with van der Waals surface area (Å²) in [5.41, 5.74) is 3.33. The maximum Gasteiger partial charge on any atom is 0.269 e. The number of hydrogen-bond donors (Lipinski definition) is 1. The van der Waals surface area contributed by atoms with E-state index in [2.05, 4.69) is 68.9 Å². The first kappa shape index (κ1) is 46.9. The second-order valence-corrected chi connectivity index (χ2v) is 12.3. The van der Waals surface area contributed by atoms with Gasteiger partial charge in [0.15, 0.2) is 0 Å². The van der Waals surface area contributed by atoms with Gasteiger partial charge in [-0.3, -0.25) is 20.0 Å². The lowest BCUT2D eigenvalue weighted by Crippen LogP contribution is -2.47. The molecule has 3 aromatic carbocycles. The summed E-state index contributed by atoms with van der Waals surface area (Å²) in [5.74, 6) is 1.88. The van der Waals surface area contributed by atoms with Gasteiger partial charge >= 0.3 is 0 Å². The van der Waals surface area contributed by atoms with E-state index in [4.69, 9.17) is 32.7 Å². The fourth-order valence-electron chi connectivity index (χ4n) is 5.62. The molecule has 0 bridgehead atoms. The second kappa shape index (κ2) is 28.4. The van der Waals surface area contributed by atoms with Crippen LogP contribution in [-0.2, 0) is 0 Å². The van der Waals surface area contributed by atoms with E-state index in [0.717, 1.165) is 81.7 Å². The van der Waals surface area contributed by atoms with Crippen LogP contribution in [0.15, 0.2) is 77.8 Å². The van der Waals surface area contributed by atoms with E-state index in [9.17, 15) is 10.1 Å². The highest BCUT2D eigenvalue weighted by Gasteiger charge is 2.19. The average Bonchev–Trinajstić information content (AvgIpc) is 3.19. The Kier molecular flexibility index (Phi) is 25.6. The summed E-state index contributed by atoms with van der Waals surface area (Å²) >= 11 is 9.53. The number of alkyl halides is 2. The summed E-state index contributed by atoms with van der Waals surface area (Å²) < 4.78 is 10.8. The predicted octanol–water partition coefficient (Wildman–Crippen LogP) is 7.30. The van der Waals surface area contributed by atoms with Crippen LogP contribution in [0.5, 0.6) is 11.5 Å². The molecule has 0 radical (unpaired) electrons. The molecule has 290 valence electrons. The van der Waals surface area contributed by atoms with Gasteiger partial charge in [-0.15, -0.1) is 40.2 Å². The lowest BCUT2D eigenvalue weighted by Gasteiger charge is -2.36. The summed E-state index contributed by atoms with van der Waals surface area (Å²) in [6, 6.07) is 22.7. The van der Waals surface area contributed by atoms with Crippen LogP contribution < -0.4 is 24.6 Å². The number of nitrogens with one attached hydrogen (secondary N) is 1.